The van der Waals surface area contributed by atoms with Crippen molar-refractivity contribution in [2.75, 3.05) is 0 Å². The third-order valence-electron chi connectivity index (χ3n) is 1.96. The number of hydrogen-bond donors (Lipinski definition) is 0. The van der Waals surface area contributed by atoms with Gasteiger partial charge in [-0.2, -0.15) is 0 Å². The molecule has 1 aromatic carbocycles. The van der Waals surface area contributed by atoms with Crippen molar-refractivity contribution in [2.45, 2.75) is 0 Å². The van der Waals surface area contributed by atoms with E-state index in [0.717, 1.165) is 8.40 Å². The Bertz CT molecular complexity index is 505. The number of carbonyl (C=O) groups excluding carboxylic acids is 2. The van der Waals surface area contributed by atoms with Crippen LogP contribution in [0.4, 0.5) is 0 Å². The van der Waals surface area contributed by atoms with Crippen LogP contribution < -0.4 is 0 Å². The van der Waals surface area contributed by atoms with Crippen molar-refractivity contribution in [1.82, 2.24) is 3.93 Å². The van der Waals surface area contributed by atoms with Crippen LogP contribution in [0.2, 0.25) is 0 Å². The summed E-state index contributed by atoms with van der Waals surface area (Å²) in [5.74, 6) is -0.723. The first-order valence-electron chi connectivity index (χ1n) is 3.67. The SMILES string of the molecule is O=C1c2cc(Br)c(Br)c(Br)c2C(=O)N1Br.[KH]. The number of carbonyl (C=O) groups is 2. The average molecular weight is 503 g/mol. The summed E-state index contributed by atoms with van der Waals surface area (Å²) in [6.45, 7) is 0. The zero-order chi connectivity index (χ0) is 11.3. The van der Waals surface area contributed by atoms with Crippen molar-refractivity contribution in [3.8, 4) is 0 Å². The first-order chi connectivity index (χ1) is 6.95. The van der Waals surface area contributed by atoms with E-state index in [4.69, 9.17) is 0 Å². The maximum absolute atomic E-state index is 11.7. The van der Waals surface area contributed by atoms with Crippen molar-refractivity contribution < 1.29 is 9.59 Å². The fourth-order valence-corrected chi connectivity index (χ4v) is 3.24. The Morgan fingerprint density at radius 2 is 1.56 bits per heavy atom. The summed E-state index contributed by atoms with van der Waals surface area (Å²) in [6, 6.07) is 1.62. The fraction of sp³-hybridized carbons (Fsp3) is 0. The van der Waals surface area contributed by atoms with Crippen LogP contribution in [0, 0.1) is 0 Å². The maximum atomic E-state index is 11.7. The molecular formula is C8H2Br4KNO2. The van der Waals surface area contributed by atoms with E-state index in [0.29, 0.717) is 20.1 Å². The van der Waals surface area contributed by atoms with Gasteiger partial charge in [-0.05, 0) is 53.9 Å². The van der Waals surface area contributed by atoms with Gasteiger partial charge in [-0.15, -0.1) is 0 Å². The number of halogens is 4. The number of rotatable bonds is 0. The van der Waals surface area contributed by atoms with Crippen LogP contribution in [0.25, 0.3) is 0 Å². The summed E-state index contributed by atoms with van der Waals surface area (Å²) >= 11 is 12.8. The number of nitrogens with zero attached hydrogens (tertiary/aromatic N) is 1. The molecule has 0 saturated carbocycles. The Kier molecular flexibility index (Phi) is 5.90. The molecule has 1 aliphatic heterocycles. The van der Waals surface area contributed by atoms with Crippen LogP contribution in [-0.2, 0) is 0 Å². The molecule has 0 atom stereocenters. The van der Waals surface area contributed by atoms with Crippen LogP contribution in [0.1, 0.15) is 20.7 Å². The first kappa shape index (κ1) is 16.0. The monoisotopic (exact) mass is 499 g/mol. The van der Waals surface area contributed by atoms with Crippen molar-refractivity contribution in [3.05, 3.63) is 30.6 Å². The normalized spacial score (nSPS) is 13.9. The zero-order valence-corrected chi connectivity index (χ0v) is 13.2. The number of benzene rings is 1. The van der Waals surface area contributed by atoms with E-state index in [1.165, 1.54) is 0 Å². The summed E-state index contributed by atoms with van der Waals surface area (Å²) in [4.78, 5) is 23.3. The Labute approximate surface area is 168 Å². The topological polar surface area (TPSA) is 37.4 Å². The summed E-state index contributed by atoms with van der Waals surface area (Å²) in [5.41, 5.74) is 0.741. The minimum atomic E-state index is -0.366. The van der Waals surface area contributed by atoms with Crippen molar-refractivity contribution in [1.29, 1.82) is 0 Å². The van der Waals surface area contributed by atoms with Crippen LogP contribution in [0.3, 0.4) is 0 Å². The molecule has 0 aliphatic carbocycles. The van der Waals surface area contributed by atoms with Gasteiger partial charge in [-0.1, -0.05) is 0 Å². The molecular weight excluding hydrogens is 501 g/mol. The molecule has 2 rings (SSSR count). The van der Waals surface area contributed by atoms with Gasteiger partial charge in [0.25, 0.3) is 11.8 Å². The molecule has 0 radical (unpaired) electrons. The van der Waals surface area contributed by atoms with Crippen LogP contribution >= 0.6 is 63.9 Å². The van der Waals surface area contributed by atoms with Gasteiger partial charge in [0, 0.05) is 13.4 Å². The van der Waals surface area contributed by atoms with Gasteiger partial charge in [-0.25, -0.2) is 3.93 Å². The molecule has 2 amide bonds. The van der Waals surface area contributed by atoms with Gasteiger partial charge < -0.3 is 0 Å². The Hall–Kier alpha value is 1.92. The summed E-state index contributed by atoms with van der Waals surface area (Å²) in [5, 5.41) is 0. The minimum absolute atomic E-state index is 0. The Balaban J connectivity index is 0.00000128. The Morgan fingerprint density at radius 1 is 1.00 bits per heavy atom. The van der Waals surface area contributed by atoms with E-state index in [1.807, 2.05) is 0 Å². The second kappa shape index (κ2) is 5.92. The number of imide groups is 1. The van der Waals surface area contributed by atoms with Crippen LogP contribution in [-0.4, -0.2) is 67.1 Å². The van der Waals surface area contributed by atoms with Crippen molar-refractivity contribution >= 4 is 127 Å². The quantitative estimate of drug-likeness (QED) is 0.236. The van der Waals surface area contributed by atoms with Gasteiger partial charge in [0.15, 0.2) is 0 Å². The van der Waals surface area contributed by atoms with E-state index < -0.39 is 0 Å². The summed E-state index contributed by atoms with van der Waals surface area (Å²) in [6.07, 6.45) is 0. The number of amides is 2. The fourth-order valence-electron chi connectivity index (χ4n) is 1.27. The third-order valence-corrected chi connectivity index (χ3v) is 5.91. The third kappa shape index (κ3) is 2.46. The van der Waals surface area contributed by atoms with Crippen LogP contribution in [0.15, 0.2) is 19.5 Å². The zero-order valence-electron chi connectivity index (χ0n) is 6.85. The van der Waals surface area contributed by atoms with Crippen molar-refractivity contribution in [2.24, 2.45) is 0 Å². The summed E-state index contributed by atoms with van der Waals surface area (Å²) < 4.78 is 2.93. The molecule has 0 unspecified atom stereocenters. The molecule has 8 heteroatoms. The average Bonchev–Trinajstić information content (AvgIpc) is 2.40. The molecule has 1 aromatic rings. The molecule has 1 aliphatic rings. The van der Waals surface area contributed by atoms with Gasteiger partial charge in [0.05, 0.1) is 27.3 Å². The van der Waals surface area contributed by atoms with E-state index in [1.54, 1.807) is 6.07 Å². The molecule has 0 aromatic heterocycles. The van der Waals surface area contributed by atoms with E-state index in [2.05, 4.69) is 63.9 Å². The predicted octanol–water partition coefficient (Wildman–Crippen LogP) is 3.23. The van der Waals surface area contributed by atoms with E-state index >= 15 is 0 Å². The molecule has 0 saturated heterocycles. The van der Waals surface area contributed by atoms with Crippen LogP contribution in [0.5, 0.6) is 0 Å². The standard InChI is InChI=1S/C8HBr4NO2.K.H/c9-3-1-2-4(6(11)5(3)10)8(15)13(12)7(2)14;;/h1H;;. The Morgan fingerprint density at radius 3 is 2.12 bits per heavy atom. The van der Waals surface area contributed by atoms with Crippen molar-refractivity contribution in [3.63, 3.8) is 0 Å². The molecule has 16 heavy (non-hydrogen) atoms. The molecule has 0 spiro atoms. The first-order valence-corrected chi connectivity index (χ1v) is 6.76. The number of fused-ring (bicyclic) bond motifs is 1. The van der Waals surface area contributed by atoms with Gasteiger partial charge in [0.2, 0.25) is 0 Å². The molecule has 0 N–H and O–H groups in total. The van der Waals surface area contributed by atoms with Gasteiger partial charge in [0.1, 0.15) is 0 Å². The molecule has 0 bridgehead atoms. The molecule has 80 valence electrons. The summed E-state index contributed by atoms with van der Waals surface area (Å²) in [7, 11) is 0. The molecule has 1 heterocycles. The molecule has 3 nitrogen and oxygen atoms in total. The predicted molar refractivity (Wildman–Crippen MR) is 76.1 cm³/mol. The number of hydrogen-bond acceptors (Lipinski definition) is 2. The second-order valence-corrected chi connectivity index (χ2v) is 5.95. The van der Waals surface area contributed by atoms with E-state index in [9.17, 15) is 9.59 Å². The van der Waals surface area contributed by atoms with E-state index in [-0.39, 0.29) is 63.2 Å². The molecule has 0 fully saturated rings. The van der Waals surface area contributed by atoms with Gasteiger partial charge >= 0.3 is 51.4 Å². The van der Waals surface area contributed by atoms with Gasteiger partial charge in [-0.3, -0.25) is 9.59 Å². The second-order valence-electron chi connectivity index (χ2n) is 2.80.